The molecule has 0 spiro atoms. The summed E-state index contributed by atoms with van der Waals surface area (Å²) in [4.78, 5) is 24.8. The fraction of sp³-hybridized carbons (Fsp3) is 0.0476. The molecule has 0 fully saturated rings. The van der Waals surface area contributed by atoms with Gasteiger partial charge in [0.2, 0.25) is 5.91 Å². The van der Waals surface area contributed by atoms with Crippen LogP contribution in [0.3, 0.4) is 0 Å². The maximum Gasteiger partial charge on any atom is 0.228 e. The predicted molar refractivity (Wildman–Crippen MR) is 97.3 cm³/mol. The summed E-state index contributed by atoms with van der Waals surface area (Å²) in [5.41, 5.74) is 2.67. The molecule has 0 saturated heterocycles. The van der Waals surface area contributed by atoms with E-state index in [-0.39, 0.29) is 17.4 Å². The minimum Gasteiger partial charge on any atom is -0.508 e. The summed E-state index contributed by atoms with van der Waals surface area (Å²) >= 11 is 0. The molecular weight excluding hydrogens is 314 g/mol. The van der Waals surface area contributed by atoms with Crippen molar-refractivity contribution in [2.45, 2.75) is 6.92 Å². The Balaban J connectivity index is 1.94. The van der Waals surface area contributed by atoms with E-state index in [2.05, 4.69) is 0 Å². The first kappa shape index (κ1) is 15.1. The average molecular weight is 329 g/mol. The Morgan fingerprint density at radius 1 is 0.800 bits per heavy atom. The fourth-order valence-electron chi connectivity index (χ4n) is 3.23. The van der Waals surface area contributed by atoms with Crippen LogP contribution in [0.4, 0.5) is 0 Å². The van der Waals surface area contributed by atoms with Gasteiger partial charge in [-0.15, -0.1) is 0 Å². The summed E-state index contributed by atoms with van der Waals surface area (Å²) < 4.78 is 1.67. The Kier molecular flexibility index (Phi) is 3.39. The van der Waals surface area contributed by atoms with Gasteiger partial charge < -0.3 is 5.11 Å². The van der Waals surface area contributed by atoms with Crippen molar-refractivity contribution in [1.29, 1.82) is 0 Å². The zero-order chi connectivity index (χ0) is 17.6. The normalized spacial score (nSPS) is 11.1. The highest BCUT2D eigenvalue weighted by atomic mass is 16.3. The average Bonchev–Trinajstić information content (AvgIpc) is 2.95. The number of rotatable bonds is 2. The molecule has 4 nitrogen and oxygen atoms in total. The molecule has 4 heteroatoms. The van der Waals surface area contributed by atoms with Crippen LogP contribution >= 0.6 is 0 Å². The van der Waals surface area contributed by atoms with E-state index in [0.717, 1.165) is 21.8 Å². The lowest BCUT2D eigenvalue weighted by molar-refractivity contribution is 0.0945. The SMILES string of the molecule is CC(=O)n1c2ccccc2c2cc(C(=O)c3ccc(O)cc3)ccc21. The van der Waals surface area contributed by atoms with Gasteiger partial charge in [0.05, 0.1) is 11.0 Å². The number of para-hydroxylation sites is 1. The summed E-state index contributed by atoms with van der Waals surface area (Å²) in [5.74, 6) is -0.0677. The third kappa shape index (κ3) is 2.39. The second-order valence-electron chi connectivity index (χ2n) is 5.98. The van der Waals surface area contributed by atoms with Crippen LogP contribution < -0.4 is 0 Å². The third-order valence-electron chi connectivity index (χ3n) is 4.38. The molecule has 0 aliphatic carbocycles. The zero-order valence-electron chi connectivity index (χ0n) is 13.6. The summed E-state index contributed by atoms with van der Waals surface area (Å²) in [6.45, 7) is 1.53. The largest absolute Gasteiger partial charge is 0.508 e. The molecule has 25 heavy (non-hydrogen) atoms. The van der Waals surface area contributed by atoms with Gasteiger partial charge >= 0.3 is 0 Å². The first-order valence-corrected chi connectivity index (χ1v) is 7.94. The van der Waals surface area contributed by atoms with Crippen LogP contribution in [-0.2, 0) is 0 Å². The van der Waals surface area contributed by atoms with Gasteiger partial charge in [-0.05, 0) is 48.5 Å². The number of phenols is 1. The highest BCUT2D eigenvalue weighted by molar-refractivity contribution is 6.17. The summed E-state index contributed by atoms with van der Waals surface area (Å²) in [6, 6.07) is 19.2. The molecule has 1 N–H and O–H groups in total. The van der Waals surface area contributed by atoms with Crippen LogP contribution in [0.5, 0.6) is 5.75 Å². The van der Waals surface area contributed by atoms with Crippen molar-refractivity contribution >= 4 is 33.5 Å². The van der Waals surface area contributed by atoms with Crippen molar-refractivity contribution in [1.82, 2.24) is 4.57 Å². The zero-order valence-corrected chi connectivity index (χ0v) is 13.6. The number of carbonyl (C=O) groups is 2. The van der Waals surface area contributed by atoms with Crippen molar-refractivity contribution in [3.05, 3.63) is 77.9 Å². The molecule has 0 amide bonds. The van der Waals surface area contributed by atoms with Gasteiger partial charge in [-0.1, -0.05) is 18.2 Å². The summed E-state index contributed by atoms with van der Waals surface area (Å²) in [7, 11) is 0. The van der Waals surface area contributed by atoms with E-state index in [9.17, 15) is 14.7 Å². The summed E-state index contributed by atoms with van der Waals surface area (Å²) in [5, 5.41) is 11.2. The number of phenolic OH excluding ortho intramolecular Hbond substituents is 1. The molecule has 0 radical (unpaired) electrons. The number of carbonyl (C=O) groups excluding carboxylic acids is 2. The molecule has 0 saturated carbocycles. The molecule has 4 rings (SSSR count). The van der Waals surface area contributed by atoms with Gasteiger partial charge in [-0.25, -0.2) is 0 Å². The molecular formula is C21H15NO3. The summed E-state index contributed by atoms with van der Waals surface area (Å²) in [6.07, 6.45) is 0. The van der Waals surface area contributed by atoms with Crippen molar-refractivity contribution in [2.75, 3.05) is 0 Å². The van der Waals surface area contributed by atoms with Crippen LogP contribution in [0, 0.1) is 0 Å². The highest BCUT2D eigenvalue weighted by Gasteiger charge is 2.16. The first-order valence-electron chi connectivity index (χ1n) is 7.94. The Morgan fingerprint density at radius 2 is 1.44 bits per heavy atom. The molecule has 4 aromatic rings. The molecule has 122 valence electrons. The molecule has 0 aliphatic heterocycles. The lowest BCUT2D eigenvalue weighted by Crippen LogP contribution is -2.05. The Morgan fingerprint density at radius 3 is 2.16 bits per heavy atom. The Bertz CT molecular complexity index is 1140. The number of hydrogen-bond acceptors (Lipinski definition) is 3. The number of benzene rings is 3. The van der Waals surface area contributed by atoms with Gasteiger partial charge in [-0.2, -0.15) is 0 Å². The quantitative estimate of drug-likeness (QED) is 0.555. The smallest absolute Gasteiger partial charge is 0.228 e. The van der Waals surface area contributed by atoms with Crippen molar-refractivity contribution in [2.24, 2.45) is 0 Å². The van der Waals surface area contributed by atoms with Crippen LogP contribution in [0.2, 0.25) is 0 Å². The van der Waals surface area contributed by atoms with Gasteiger partial charge in [-0.3, -0.25) is 14.2 Å². The second kappa shape index (κ2) is 5.60. The monoisotopic (exact) mass is 329 g/mol. The Hall–Kier alpha value is -3.40. The molecule has 3 aromatic carbocycles. The van der Waals surface area contributed by atoms with E-state index in [1.54, 1.807) is 22.8 Å². The number of nitrogens with zero attached hydrogens (tertiary/aromatic N) is 1. The van der Waals surface area contributed by atoms with Gasteiger partial charge in [0.25, 0.3) is 0 Å². The number of hydrogen-bond donors (Lipinski definition) is 1. The topological polar surface area (TPSA) is 59.3 Å². The van der Waals surface area contributed by atoms with Crippen LogP contribution in [0.1, 0.15) is 27.6 Å². The molecule has 1 heterocycles. The van der Waals surface area contributed by atoms with E-state index >= 15 is 0 Å². The van der Waals surface area contributed by atoms with E-state index in [1.165, 1.54) is 19.1 Å². The van der Waals surface area contributed by atoms with Gasteiger partial charge in [0, 0.05) is 28.8 Å². The van der Waals surface area contributed by atoms with E-state index in [0.29, 0.717) is 11.1 Å². The van der Waals surface area contributed by atoms with Crippen LogP contribution in [0.25, 0.3) is 21.8 Å². The predicted octanol–water partition coefficient (Wildman–Crippen LogP) is 4.39. The van der Waals surface area contributed by atoms with Gasteiger partial charge in [0.15, 0.2) is 5.78 Å². The molecule has 0 aliphatic rings. The molecule has 1 aromatic heterocycles. The maximum absolute atomic E-state index is 12.7. The minimum atomic E-state index is -0.124. The second-order valence-corrected chi connectivity index (χ2v) is 5.98. The lowest BCUT2D eigenvalue weighted by atomic mass is 10.0. The van der Waals surface area contributed by atoms with E-state index < -0.39 is 0 Å². The van der Waals surface area contributed by atoms with Gasteiger partial charge in [0.1, 0.15) is 5.75 Å². The fourth-order valence-corrected chi connectivity index (χ4v) is 3.23. The third-order valence-corrected chi connectivity index (χ3v) is 4.38. The van der Waals surface area contributed by atoms with E-state index in [1.807, 2.05) is 36.4 Å². The van der Waals surface area contributed by atoms with E-state index in [4.69, 9.17) is 0 Å². The standard InChI is InChI=1S/C21H15NO3/c1-13(23)22-19-5-3-2-4-17(19)18-12-15(8-11-20(18)22)21(25)14-6-9-16(24)10-7-14/h2-12,24H,1H3. The maximum atomic E-state index is 12.7. The number of ketones is 1. The number of aromatic nitrogens is 1. The first-order chi connectivity index (χ1) is 12.1. The Labute approximate surface area is 143 Å². The van der Waals surface area contributed by atoms with Crippen molar-refractivity contribution in [3.8, 4) is 5.75 Å². The molecule has 0 unspecified atom stereocenters. The number of aromatic hydroxyl groups is 1. The minimum absolute atomic E-state index is 0.0659. The highest BCUT2D eigenvalue weighted by Crippen LogP contribution is 2.30. The number of fused-ring (bicyclic) bond motifs is 3. The van der Waals surface area contributed by atoms with Crippen LogP contribution in [-0.4, -0.2) is 21.4 Å². The van der Waals surface area contributed by atoms with Crippen LogP contribution in [0.15, 0.2) is 66.7 Å². The lowest BCUT2D eigenvalue weighted by Gasteiger charge is -2.04. The van der Waals surface area contributed by atoms with Crippen molar-refractivity contribution in [3.63, 3.8) is 0 Å². The van der Waals surface area contributed by atoms with Crippen molar-refractivity contribution < 1.29 is 14.7 Å². The molecule has 0 bridgehead atoms. The molecule has 0 atom stereocenters.